The second-order valence-electron chi connectivity index (χ2n) is 8.48. The number of benzene rings is 1. The maximum atomic E-state index is 13.6. The van der Waals surface area contributed by atoms with Crippen LogP contribution in [0.1, 0.15) is 39.4 Å². The summed E-state index contributed by atoms with van der Waals surface area (Å²) in [6, 6.07) is 4.89. The lowest BCUT2D eigenvalue weighted by atomic mass is 9.81. The predicted octanol–water partition coefficient (Wildman–Crippen LogP) is 2.99. The first-order valence-corrected chi connectivity index (χ1v) is 12.7. The number of fused-ring (bicyclic) bond motifs is 2. The smallest absolute Gasteiger partial charge is 0.229 e. The summed E-state index contributed by atoms with van der Waals surface area (Å²) in [5, 5.41) is 15.1. The largest absolute Gasteiger partial charge is 0.504 e. The van der Waals surface area contributed by atoms with E-state index >= 15 is 0 Å². The predicted molar refractivity (Wildman–Crippen MR) is 123 cm³/mol. The van der Waals surface area contributed by atoms with E-state index in [1.165, 1.54) is 23.0 Å². The van der Waals surface area contributed by atoms with Gasteiger partial charge in [0.25, 0.3) is 0 Å². The average molecular weight is 477 g/mol. The molecule has 1 atom stereocenters. The van der Waals surface area contributed by atoms with Crippen molar-refractivity contribution in [1.82, 2.24) is 19.5 Å². The number of aromatic nitrogens is 3. The van der Waals surface area contributed by atoms with Gasteiger partial charge in [-0.25, -0.2) is 23.1 Å². The standard InChI is InChI=1S/C20H24N6O4S2/c1-11(2)7-8-20(3)17(28)15(16(27)19-21-10-22-26(19)20)18-23-13-6-5-12(25-32(4,29)30)9-14(13)31-24-18/h5-6,9-11,25,27H,7-8H2,1-4H3,(H,23,24). The molecule has 170 valence electrons. The highest BCUT2D eigenvalue weighted by Gasteiger charge is 2.47. The normalized spacial score (nSPS) is 20.5. The van der Waals surface area contributed by atoms with Gasteiger partial charge in [0.15, 0.2) is 23.2 Å². The van der Waals surface area contributed by atoms with Gasteiger partial charge in [0.05, 0.1) is 16.8 Å². The zero-order valence-corrected chi connectivity index (χ0v) is 19.7. The van der Waals surface area contributed by atoms with E-state index in [0.29, 0.717) is 28.6 Å². The lowest BCUT2D eigenvalue weighted by molar-refractivity contribution is -0.124. The van der Waals surface area contributed by atoms with E-state index in [2.05, 4.69) is 38.4 Å². The minimum absolute atomic E-state index is 0.0632. The molecule has 0 saturated carbocycles. The van der Waals surface area contributed by atoms with Gasteiger partial charge in [-0.1, -0.05) is 13.8 Å². The SMILES string of the molecule is CC(C)CCC1(C)C(=O)C(C2=Nc3ccc(NS(C)(=O)=O)cc3SN2)=C(O)c2ncnn21. The molecule has 0 saturated heterocycles. The zero-order valence-electron chi connectivity index (χ0n) is 18.1. The van der Waals surface area contributed by atoms with Gasteiger partial charge in [-0.3, -0.25) is 9.52 Å². The number of anilines is 1. The molecule has 2 aliphatic heterocycles. The van der Waals surface area contributed by atoms with Crippen molar-refractivity contribution in [1.29, 1.82) is 0 Å². The molecule has 0 bridgehead atoms. The van der Waals surface area contributed by atoms with Crippen LogP contribution in [-0.2, 0) is 20.4 Å². The van der Waals surface area contributed by atoms with Crippen LogP contribution in [0, 0.1) is 5.92 Å². The third-order valence-electron chi connectivity index (χ3n) is 5.38. The summed E-state index contributed by atoms with van der Waals surface area (Å²) in [7, 11) is -3.41. The van der Waals surface area contributed by atoms with E-state index < -0.39 is 15.6 Å². The highest BCUT2D eigenvalue weighted by Crippen LogP contribution is 2.40. The number of nitrogens with zero attached hydrogens (tertiary/aromatic N) is 4. The van der Waals surface area contributed by atoms with Crippen molar-refractivity contribution < 1.29 is 18.3 Å². The molecule has 0 spiro atoms. The number of amidine groups is 1. The van der Waals surface area contributed by atoms with Gasteiger partial charge in [0, 0.05) is 5.69 Å². The van der Waals surface area contributed by atoms with Crippen LogP contribution in [-0.4, -0.2) is 46.2 Å². The molecule has 32 heavy (non-hydrogen) atoms. The number of aliphatic hydroxyl groups excluding tert-OH is 1. The molecular weight excluding hydrogens is 452 g/mol. The third kappa shape index (κ3) is 3.99. The monoisotopic (exact) mass is 476 g/mol. The summed E-state index contributed by atoms with van der Waals surface area (Å²) >= 11 is 1.18. The van der Waals surface area contributed by atoms with Gasteiger partial charge in [-0.05, 0) is 55.8 Å². The molecule has 3 N–H and O–H groups in total. The Labute approximate surface area is 190 Å². The number of carbonyl (C=O) groups excluding carboxylic acids is 1. The number of aliphatic hydroxyl groups is 1. The van der Waals surface area contributed by atoms with E-state index in [1.807, 2.05) is 0 Å². The maximum Gasteiger partial charge on any atom is 0.229 e. The number of rotatable bonds is 6. The first kappa shape index (κ1) is 22.3. The Morgan fingerprint density at radius 2 is 2.09 bits per heavy atom. The number of ketones is 1. The fourth-order valence-electron chi connectivity index (χ4n) is 3.68. The minimum Gasteiger partial charge on any atom is -0.504 e. The highest BCUT2D eigenvalue weighted by molar-refractivity contribution is 7.98. The lowest BCUT2D eigenvalue weighted by Crippen LogP contribution is -2.47. The average Bonchev–Trinajstić information content (AvgIpc) is 3.21. The molecule has 3 heterocycles. The van der Waals surface area contributed by atoms with Crippen molar-refractivity contribution in [3.05, 3.63) is 35.9 Å². The Morgan fingerprint density at radius 1 is 1.34 bits per heavy atom. The van der Waals surface area contributed by atoms with E-state index in [9.17, 15) is 18.3 Å². The van der Waals surface area contributed by atoms with Crippen molar-refractivity contribution in [2.75, 3.05) is 11.0 Å². The van der Waals surface area contributed by atoms with Gasteiger partial charge in [0.1, 0.15) is 17.4 Å². The number of sulfonamides is 1. The topological polar surface area (TPSA) is 139 Å². The molecule has 0 amide bonds. The van der Waals surface area contributed by atoms with Gasteiger partial charge < -0.3 is 9.83 Å². The highest BCUT2D eigenvalue weighted by atomic mass is 32.2. The van der Waals surface area contributed by atoms with Gasteiger partial charge in [0.2, 0.25) is 10.0 Å². The van der Waals surface area contributed by atoms with Crippen molar-refractivity contribution in [2.24, 2.45) is 10.9 Å². The first-order valence-electron chi connectivity index (χ1n) is 10.0. The van der Waals surface area contributed by atoms with Crippen molar-refractivity contribution in [3.63, 3.8) is 0 Å². The molecule has 0 aliphatic carbocycles. The maximum absolute atomic E-state index is 13.6. The van der Waals surface area contributed by atoms with Crippen molar-refractivity contribution in [3.8, 4) is 0 Å². The molecule has 0 radical (unpaired) electrons. The third-order valence-corrected chi connectivity index (χ3v) is 6.83. The molecule has 4 rings (SSSR count). The molecule has 2 aliphatic rings. The Bertz CT molecular complexity index is 1260. The molecule has 10 nitrogen and oxygen atoms in total. The number of hydrogen-bond donors (Lipinski definition) is 3. The van der Waals surface area contributed by atoms with Crippen LogP contribution in [0.25, 0.3) is 5.76 Å². The van der Waals surface area contributed by atoms with E-state index in [1.54, 1.807) is 25.1 Å². The second-order valence-corrected chi connectivity index (χ2v) is 11.1. The van der Waals surface area contributed by atoms with Gasteiger partial charge in [-0.2, -0.15) is 5.10 Å². The molecule has 0 fully saturated rings. The summed E-state index contributed by atoms with van der Waals surface area (Å²) in [5.41, 5.74) is 0.0141. The zero-order chi connectivity index (χ0) is 23.3. The van der Waals surface area contributed by atoms with Crippen LogP contribution in [0.4, 0.5) is 11.4 Å². The first-order chi connectivity index (χ1) is 15.0. The fourth-order valence-corrected chi connectivity index (χ4v) is 4.99. The Kier molecular flexibility index (Phi) is 5.53. The number of carbonyl (C=O) groups is 1. The Morgan fingerprint density at radius 3 is 2.78 bits per heavy atom. The Balaban J connectivity index is 1.75. The number of nitrogens with one attached hydrogen (secondary N) is 2. The van der Waals surface area contributed by atoms with Gasteiger partial charge in [-0.15, -0.1) is 0 Å². The summed E-state index contributed by atoms with van der Waals surface area (Å²) in [4.78, 5) is 23.0. The van der Waals surface area contributed by atoms with Crippen LogP contribution < -0.4 is 9.44 Å². The van der Waals surface area contributed by atoms with Crippen LogP contribution in [0.2, 0.25) is 0 Å². The molecule has 1 aromatic heterocycles. The van der Waals surface area contributed by atoms with Crippen molar-refractivity contribution >= 4 is 50.7 Å². The molecular formula is C20H24N6O4S2. The van der Waals surface area contributed by atoms with E-state index in [-0.39, 0.29) is 28.8 Å². The second kappa shape index (κ2) is 7.93. The van der Waals surface area contributed by atoms with Crippen LogP contribution in [0.3, 0.4) is 0 Å². The van der Waals surface area contributed by atoms with Crippen LogP contribution in [0.5, 0.6) is 0 Å². The minimum atomic E-state index is -3.41. The summed E-state index contributed by atoms with van der Waals surface area (Å²) < 4.78 is 29.9. The number of aliphatic imine (C=N–C) groups is 1. The Hall–Kier alpha value is -2.86. The van der Waals surface area contributed by atoms with E-state index in [0.717, 1.165) is 12.7 Å². The fraction of sp³-hybridized carbons (Fsp3) is 0.400. The summed E-state index contributed by atoms with van der Waals surface area (Å²) in [5.74, 6) is 0.258. The van der Waals surface area contributed by atoms with Crippen LogP contribution >= 0.6 is 11.9 Å². The number of hydrogen-bond acceptors (Lipinski definition) is 9. The lowest BCUT2D eigenvalue weighted by Gasteiger charge is -2.35. The number of Topliss-reactive ketones (excluding diaryl/α,β-unsaturated/α-hetero) is 1. The van der Waals surface area contributed by atoms with Crippen molar-refractivity contribution in [2.45, 2.75) is 44.0 Å². The molecule has 12 heteroatoms. The molecule has 1 aromatic carbocycles. The molecule has 1 unspecified atom stereocenters. The summed E-state index contributed by atoms with van der Waals surface area (Å²) in [6.45, 7) is 5.97. The van der Waals surface area contributed by atoms with Gasteiger partial charge >= 0.3 is 0 Å². The van der Waals surface area contributed by atoms with E-state index in [4.69, 9.17) is 0 Å². The summed E-state index contributed by atoms with van der Waals surface area (Å²) in [6.07, 6.45) is 3.73. The molecule has 2 aromatic rings. The van der Waals surface area contributed by atoms with Crippen LogP contribution in [0.15, 0.2) is 40.0 Å². The quantitative estimate of drug-likeness (QED) is 0.541.